The van der Waals surface area contributed by atoms with Crippen LogP contribution in [0.25, 0.3) is 0 Å². The number of rotatable bonds is 5. The second kappa shape index (κ2) is 6.69. The number of nitrogens with one attached hydrogen (secondary N) is 1. The zero-order valence-electron chi connectivity index (χ0n) is 10.9. The van der Waals surface area contributed by atoms with Crippen LogP contribution in [0.3, 0.4) is 0 Å². The van der Waals surface area contributed by atoms with Gasteiger partial charge < -0.3 is 15.3 Å². The topological polar surface area (TPSA) is 95.7 Å². The molecule has 0 aromatic heterocycles. The lowest BCUT2D eigenvalue weighted by Crippen LogP contribution is -2.36. The molecule has 0 fully saturated rings. The number of benzene rings is 1. The highest BCUT2D eigenvalue weighted by Crippen LogP contribution is 2.22. The van der Waals surface area contributed by atoms with Gasteiger partial charge in [0.25, 0.3) is 5.69 Å². The summed E-state index contributed by atoms with van der Waals surface area (Å²) >= 11 is 0. The number of anilines is 1. The molecule has 0 saturated heterocycles. The van der Waals surface area contributed by atoms with Crippen LogP contribution in [0.5, 0.6) is 0 Å². The Morgan fingerprint density at radius 1 is 1.53 bits per heavy atom. The zero-order chi connectivity index (χ0) is 14.4. The molecule has 7 nitrogen and oxygen atoms in total. The monoisotopic (exact) mass is 267 g/mol. The van der Waals surface area contributed by atoms with Gasteiger partial charge in [-0.2, -0.15) is 0 Å². The zero-order valence-corrected chi connectivity index (χ0v) is 10.9. The maximum atomic E-state index is 11.9. The summed E-state index contributed by atoms with van der Waals surface area (Å²) in [5.41, 5.74) is 1.06. The Kier molecular flexibility index (Phi) is 5.25. The van der Waals surface area contributed by atoms with E-state index in [9.17, 15) is 14.9 Å². The molecule has 0 aliphatic rings. The SMILES string of the molecule is CCN(CCO)C(=O)Nc1cc([N+](=O)[O-])ccc1C. The molecule has 0 radical (unpaired) electrons. The molecular weight excluding hydrogens is 250 g/mol. The van der Waals surface area contributed by atoms with Crippen LogP contribution in [0.2, 0.25) is 0 Å². The van der Waals surface area contributed by atoms with Crippen LogP contribution in [0.15, 0.2) is 18.2 Å². The van der Waals surface area contributed by atoms with E-state index in [-0.39, 0.29) is 24.9 Å². The van der Waals surface area contributed by atoms with E-state index < -0.39 is 4.92 Å². The van der Waals surface area contributed by atoms with Crippen LogP contribution in [0.1, 0.15) is 12.5 Å². The van der Waals surface area contributed by atoms with Crippen molar-refractivity contribution in [3.8, 4) is 0 Å². The lowest BCUT2D eigenvalue weighted by Gasteiger charge is -2.20. The van der Waals surface area contributed by atoms with Gasteiger partial charge in [0.2, 0.25) is 0 Å². The maximum absolute atomic E-state index is 11.9. The Morgan fingerprint density at radius 2 is 2.21 bits per heavy atom. The smallest absolute Gasteiger partial charge is 0.321 e. The molecule has 0 spiro atoms. The van der Waals surface area contributed by atoms with Gasteiger partial charge in [-0.1, -0.05) is 6.07 Å². The van der Waals surface area contributed by atoms with Crippen molar-refractivity contribution in [3.05, 3.63) is 33.9 Å². The number of hydrogen-bond acceptors (Lipinski definition) is 4. The molecule has 7 heteroatoms. The van der Waals surface area contributed by atoms with Crippen LogP contribution in [-0.4, -0.2) is 40.7 Å². The fourth-order valence-corrected chi connectivity index (χ4v) is 1.58. The first kappa shape index (κ1) is 14.9. The molecule has 0 aliphatic carbocycles. The third kappa shape index (κ3) is 3.92. The minimum absolute atomic E-state index is 0.0777. The number of aryl methyl sites for hydroxylation is 1. The highest BCUT2D eigenvalue weighted by molar-refractivity contribution is 5.90. The molecule has 104 valence electrons. The van der Waals surface area contributed by atoms with Crippen molar-refractivity contribution in [1.29, 1.82) is 0 Å². The number of carbonyl (C=O) groups is 1. The Bertz CT molecular complexity index is 476. The minimum Gasteiger partial charge on any atom is -0.395 e. The number of aliphatic hydroxyl groups is 1. The number of likely N-dealkylation sites (N-methyl/N-ethyl adjacent to an activating group) is 1. The molecule has 2 amide bonds. The van der Waals surface area contributed by atoms with Gasteiger partial charge in [0, 0.05) is 25.2 Å². The average Bonchev–Trinajstić information content (AvgIpc) is 2.38. The van der Waals surface area contributed by atoms with Gasteiger partial charge in [0.05, 0.1) is 17.2 Å². The first-order valence-electron chi connectivity index (χ1n) is 5.91. The van der Waals surface area contributed by atoms with Gasteiger partial charge in [-0.25, -0.2) is 4.79 Å². The summed E-state index contributed by atoms with van der Waals surface area (Å²) in [6, 6.07) is 3.90. The second-order valence-corrected chi connectivity index (χ2v) is 3.99. The fourth-order valence-electron chi connectivity index (χ4n) is 1.58. The van der Waals surface area contributed by atoms with Gasteiger partial charge in [0.1, 0.15) is 0 Å². The van der Waals surface area contributed by atoms with Crippen molar-refractivity contribution in [2.24, 2.45) is 0 Å². The summed E-state index contributed by atoms with van der Waals surface area (Å²) < 4.78 is 0. The molecule has 0 bridgehead atoms. The van der Waals surface area contributed by atoms with Crippen molar-refractivity contribution in [2.75, 3.05) is 25.0 Å². The molecule has 2 N–H and O–H groups in total. The van der Waals surface area contributed by atoms with Gasteiger partial charge in [-0.05, 0) is 19.4 Å². The predicted octanol–water partition coefficient (Wildman–Crippen LogP) is 1.75. The summed E-state index contributed by atoms with van der Waals surface area (Å²) in [7, 11) is 0. The molecule has 0 saturated carbocycles. The van der Waals surface area contributed by atoms with E-state index >= 15 is 0 Å². The summed E-state index contributed by atoms with van der Waals surface area (Å²) in [6.45, 7) is 4.07. The van der Waals surface area contributed by atoms with Gasteiger partial charge >= 0.3 is 6.03 Å². The van der Waals surface area contributed by atoms with Crippen molar-refractivity contribution in [3.63, 3.8) is 0 Å². The Labute approximate surface area is 111 Å². The number of nitro groups is 1. The Balaban J connectivity index is 2.89. The molecule has 1 rings (SSSR count). The number of hydrogen-bond donors (Lipinski definition) is 2. The predicted molar refractivity (Wildman–Crippen MR) is 71.2 cm³/mol. The molecule has 0 atom stereocenters. The summed E-state index contributed by atoms with van der Waals surface area (Å²) in [6.07, 6.45) is 0. The van der Waals surface area contributed by atoms with Crippen LogP contribution >= 0.6 is 0 Å². The summed E-state index contributed by atoms with van der Waals surface area (Å²) in [5, 5.41) is 22.1. The quantitative estimate of drug-likeness (QED) is 0.627. The van der Waals surface area contributed by atoms with E-state index in [1.807, 2.05) is 0 Å². The first-order valence-corrected chi connectivity index (χ1v) is 5.91. The standard InChI is InChI=1S/C12H17N3O4/c1-3-14(6-7-16)12(17)13-11-8-10(15(18)19)5-4-9(11)2/h4-5,8,16H,3,6-7H2,1-2H3,(H,13,17). The van der Waals surface area contributed by atoms with Crippen molar-refractivity contribution in [1.82, 2.24) is 4.90 Å². The molecule has 0 aliphatic heterocycles. The van der Waals surface area contributed by atoms with E-state index in [4.69, 9.17) is 5.11 Å². The molecule has 0 heterocycles. The molecule has 1 aromatic rings. The van der Waals surface area contributed by atoms with Gasteiger partial charge in [0.15, 0.2) is 0 Å². The summed E-state index contributed by atoms with van der Waals surface area (Å²) in [5.74, 6) is 0. The number of nitrogens with zero attached hydrogens (tertiary/aromatic N) is 2. The minimum atomic E-state index is -0.513. The molecular formula is C12H17N3O4. The lowest BCUT2D eigenvalue weighted by molar-refractivity contribution is -0.384. The van der Waals surface area contributed by atoms with E-state index in [0.717, 1.165) is 5.56 Å². The number of carbonyl (C=O) groups excluding carboxylic acids is 1. The van der Waals surface area contributed by atoms with Crippen LogP contribution in [0.4, 0.5) is 16.2 Å². The molecule has 19 heavy (non-hydrogen) atoms. The summed E-state index contributed by atoms with van der Waals surface area (Å²) in [4.78, 5) is 23.5. The third-order valence-electron chi connectivity index (χ3n) is 2.71. The number of amides is 2. The van der Waals surface area contributed by atoms with Gasteiger partial charge in [-0.3, -0.25) is 10.1 Å². The van der Waals surface area contributed by atoms with Crippen LogP contribution < -0.4 is 5.32 Å². The van der Waals surface area contributed by atoms with Crippen LogP contribution in [0, 0.1) is 17.0 Å². The van der Waals surface area contributed by atoms with E-state index in [2.05, 4.69) is 5.32 Å². The lowest BCUT2D eigenvalue weighted by atomic mass is 10.2. The third-order valence-corrected chi connectivity index (χ3v) is 2.71. The average molecular weight is 267 g/mol. The van der Waals surface area contributed by atoms with Crippen LogP contribution in [-0.2, 0) is 0 Å². The first-order chi connectivity index (χ1) is 8.99. The largest absolute Gasteiger partial charge is 0.395 e. The Hall–Kier alpha value is -2.15. The van der Waals surface area contributed by atoms with Crippen molar-refractivity contribution < 1.29 is 14.8 Å². The fraction of sp³-hybridized carbons (Fsp3) is 0.417. The van der Waals surface area contributed by atoms with E-state index in [1.54, 1.807) is 19.9 Å². The maximum Gasteiger partial charge on any atom is 0.321 e. The Morgan fingerprint density at radius 3 is 2.74 bits per heavy atom. The number of aliphatic hydroxyl groups excluding tert-OH is 1. The highest BCUT2D eigenvalue weighted by Gasteiger charge is 2.14. The molecule has 1 aromatic carbocycles. The normalized spacial score (nSPS) is 10.1. The number of non-ortho nitro benzene ring substituents is 1. The van der Waals surface area contributed by atoms with Crippen molar-refractivity contribution >= 4 is 17.4 Å². The van der Waals surface area contributed by atoms with E-state index in [0.29, 0.717) is 12.2 Å². The van der Waals surface area contributed by atoms with E-state index in [1.165, 1.54) is 17.0 Å². The number of urea groups is 1. The van der Waals surface area contributed by atoms with Crippen molar-refractivity contribution in [2.45, 2.75) is 13.8 Å². The molecule has 0 unspecified atom stereocenters. The second-order valence-electron chi connectivity index (χ2n) is 3.99. The van der Waals surface area contributed by atoms with Gasteiger partial charge in [-0.15, -0.1) is 0 Å². The highest BCUT2D eigenvalue weighted by atomic mass is 16.6. The number of nitro benzene ring substituents is 1.